The van der Waals surface area contributed by atoms with Crippen LogP contribution in [-0.2, 0) is 13.1 Å². The minimum absolute atomic E-state index is 0.761. The molecule has 0 bridgehead atoms. The fourth-order valence-electron chi connectivity index (χ4n) is 3.52. The number of hydrogen-bond acceptors (Lipinski definition) is 3. The van der Waals surface area contributed by atoms with Gasteiger partial charge in [0, 0.05) is 31.2 Å². The van der Waals surface area contributed by atoms with Crippen LogP contribution in [0.4, 0.5) is 0 Å². The van der Waals surface area contributed by atoms with Crippen LogP contribution in [0.5, 0.6) is 0 Å². The summed E-state index contributed by atoms with van der Waals surface area (Å²) >= 11 is 0. The first-order chi connectivity index (χ1) is 9.60. The fourth-order valence-corrected chi connectivity index (χ4v) is 3.52. The van der Waals surface area contributed by atoms with Gasteiger partial charge >= 0.3 is 0 Å². The molecular weight excluding hydrogens is 248 g/mol. The van der Waals surface area contributed by atoms with Gasteiger partial charge in [-0.2, -0.15) is 0 Å². The van der Waals surface area contributed by atoms with Gasteiger partial charge in [-0.1, -0.05) is 13.8 Å². The number of rotatable bonds is 5. The molecular formula is C17H28N2O. The van der Waals surface area contributed by atoms with Crippen molar-refractivity contribution in [3.05, 3.63) is 23.2 Å². The van der Waals surface area contributed by atoms with Gasteiger partial charge in [0.05, 0.1) is 6.54 Å². The van der Waals surface area contributed by atoms with Crippen molar-refractivity contribution in [2.24, 2.45) is 11.8 Å². The summed E-state index contributed by atoms with van der Waals surface area (Å²) in [7, 11) is 0. The van der Waals surface area contributed by atoms with Crippen molar-refractivity contribution in [3.8, 4) is 0 Å². The summed E-state index contributed by atoms with van der Waals surface area (Å²) in [6.07, 6.45) is 4.05. The van der Waals surface area contributed by atoms with E-state index in [9.17, 15) is 0 Å². The van der Waals surface area contributed by atoms with Gasteiger partial charge in [0.2, 0.25) is 0 Å². The highest BCUT2D eigenvalue weighted by atomic mass is 16.3. The van der Waals surface area contributed by atoms with Gasteiger partial charge in [-0.15, -0.1) is 0 Å². The molecule has 0 radical (unpaired) electrons. The Morgan fingerprint density at radius 2 is 1.95 bits per heavy atom. The van der Waals surface area contributed by atoms with E-state index in [4.69, 9.17) is 4.42 Å². The monoisotopic (exact) mass is 276 g/mol. The van der Waals surface area contributed by atoms with Crippen LogP contribution in [0.2, 0.25) is 0 Å². The molecule has 2 heterocycles. The van der Waals surface area contributed by atoms with E-state index in [0.29, 0.717) is 0 Å². The Balaban J connectivity index is 1.57. The van der Waals surface area contributed by atoms with Crippen molar-refractivity contribution in [2.75, 3.05) is 13.1 Å². The van der Waals surface area contributed by atoms with Crippen LogP contribution < -0.4 is 5.32 Å². The van der Waals surface area contributed by atoms with Crippen LogP contribution in [-0.4, -0.2) is 24.0 Å². The molecule has 1 aliphatic heterocycles. The highest BCUT2D eigenvalue weighted by molar-refractivity contribution is 5.21. The first-order valence-corrected chi connectivity index (χ1v) is 8.14. The van der Waals surface area contributed by atoms with E-state index >= 15 is 0 Å². The average molecular weight is 276 g/mol. The average Bonchev–Trinajstić information content (AvgIpc) is 3.11. The van der Waals surface area contributed by atoms with E-state index < -0.39 is 0 Å². The molecule has 3 nitrogen and oxygen atoms in total. The topological polar surface area (TPSA) is 28.4 Å². The molecule has 1 saturated heterocycles. The summed E-state index contributed by atoms with van der Waals surface area (Å²) < 4.78 is 5.96. The van der Waals surface area contributed by atoms with Gasteiger partial charge in [-0.25, -0.2) is 0 Å². The first-order valence-electron chi connectivity index (χ1n) is 8.14. The zero-order valence-corrected chi connectivity index (χ0v) is 13.1. The van der Waals surface area contributed by atoms with E-state index in [1.807, 2.05) is 0 Å². The minimum atomic E-state index is 0.761. The van der Waals surface area contributed by atoms with Gasteiger partial charge in [-0.05, 0) is 44.1 Å². The van der Waals surface area contributed by atoms with E-state index in [-0.39, 0.29) is 0 Å². The van der Waals surface area contributed by atoms with Crippen LogP contribution in [0, 0.1) is 18.8 Å². The van der Waals surface area contributed by atoms with Crippen LogP contribution in [0.3, 0.4) is 0 Å². The first kappa shape index (κ1) is 14.2. The second-order valence-electron chi connectivity index (χ2n) is 7.09. The number of piperidine rings is 1. The van der Waals surface area contributed by atoms with Crippen molar-refractivity contribution in [2.45, 2.75) is 59.2 Å². The Bertz CT molecular complexity index is 440. The summed E-state index contributed by atoms with van der Waals surface area (Å²) in [6.45, 7) is 11.2. The van der Waals surface area contributed by atoms with Gasteiger partial charge < -0.3 is 9.73 Å². The normalized spacial score (nSPS) is 27.9. The Kier molecular flexibility index (Phi) is 4.18. The Labute approximate surface area is 122 Å². The van der Waals surface area contributed by atoms with Crippen LogP contribution >= 0.6 is 0 Å². The third-order valence-corrected chi connectivity index (χ3v) is 4.55. The van der Waals surface area contributed by atoms with Gasteiger partial charge in [0.25, 0.3) is 0 Å². The molecule has 2 aliphatic rings. The maximum absolute atomic E-state index is 5.96. The fraction of sp³-hybridized carbons (Fsp3) is 0.765. The molecule has 3 heteroatoms. The number of nitrogens with zero attached hydrogens (tertiary/aromatic N) is 1. The number of nitrogens with one attached hydrogen (secondary N) is 1. The van der Waals surface area contributed by atoms with E-state index in [2.05, 4.69) is 37.1 Å². The quantitative estimate of drug-likeness (QED) is 0.894. The molecule has 112 valence electrons. The summed E-state index contributed by atoms with van der Waals surface area (Å²) in [6, 6.07) is 3.02. The molecule has 0 aromatic carbocycles. The molecule has 20 heavy (non-hydrogen) atoms. The van der Waals surface area contributed by atoms with Crippen molar-refractivity contribution in [1.29, 1.82) is 0 Å². The Morgan fingerprint density at radius 3 is 2.60 bits per heavy atom. The maximum atomic E-state index is 5.96. The predicted octanol–water partition coefficient (Wildman–Crippen LogP) is 3.32. The highest BCUT2D eigenvalue weighted by Crippen LogP contribution is 2.25. The lowest BCUT2D eigenvalue weighted by molar-refractivity contribution is 0.126. The second-order valence-corrected chi connectivity index (χ2v) is 7.09. The Hall–Kier alpha value is -0.800. The molecule has 2 unspecified atom stereocenters. The van der Waals surface area contributed by atoms with Crippen molar-refractivity contribution < 1.29 is 4.42 Å². The number of likely N-dealkylation sites (tertiary alicyclic amines) is 1. The SMILES string of the molecule is Cc1oc(CN2CC(C)CC(C)C2)cc1CNC1CC1. The zero-order valence-electron chi connectivity index (χ0n) is 13.1. The molecule has 0 amide bonds. The van der Waals surface area contributed by atoms with Crippen molar-refractivity contribution in [1.82, 2.24) is 10.2 Å². The maximum Gasteiger partial charge on any atom is 0.118 e. The van der Waals surface area contributed by atoms with Gasteiger partial charge in [0.15, 0.2) is 0 Å². The van der Waals surface area contributed by atoms with E-state index in [0.717, 1.165) is 42.5 Å². The van der Waals surface area contributed by atoms with E-state index in [1.54, 1.807) is 0 Å². The number of hydrogen-bond donors (Lipinski definition) is 1. The van der Waals surface area contributed by atoms with Crippen LogP contribution in [0.15, 0.2) is 10.5 Å². The summed E-state index contributed by atoms with van der Waals surface area (Å²) in [5, 5.41) is 3.57. The summed E-state index contributed by atoms with van der Waals surface area (Å²) in [5.41, 5.74) is 1.34. The van der Waals surface area contributed by atoms with Crippen molar-refractivity contribution >= 4 is 0 Å². The molecule has 1 saturated carbocycles. The molecule has 1 N–H and O–H groups in total. The number of aryl methyl sites for hydroxylation is 1. The smallest absolute Gasteiger partial charge is 0.118 e. The summed E-state index contributed by atoms with van der Waals surface area (Å²) in [4.78, 5) is 2.55. The molecule has 0 spiro atoms. The van der Waals surface area contributed by atoms with E-state index in [1.165, 1.54) is 37.9 Å². The molecule has 1 aliphatic carbocycles. The third kappa shape index (κ3) is 3.64. The minimum Gasteiger partial charge on any atom is -0.465 e. The zero-order chi connectivity index (χ0) is 14.1. The highest BCUT2D eigenvalue weighted by Gasteiger charge is 2.24. The molecule has 2 atom stereocenters. The largest absolute Gasteiger partial charge is 0.465 e. The van der Waals surface area contributed by atoms with Crippen molar-refractivity contribution in [3.63, 3.8) is 0 Å². The molecule has 3 rings (SSSR count). The predicted molar refractivity (Wildman–Crippen MR) is 81.5 cm³/mol. The van der Waals surface area contributed by atoms with Gasteiger partial charge in [0.1, 0.15) is 11.5 Å². The summed E-state index contributed by atoms with van der Waals surface area (Å²) in [5.74, 6) is 3.85. The second kappa shape index (κ2) is 5.90. The lowest BCUT2D eigenvalue weighted by Gasteiger charge is -2.34. The lowest BCUT2D eigenvalue weighted by Crippen LogP contribution is -2.37. The third-order valence-electron chi connectivity index (χ3n) is 4.55. The standard InChI is InChI=1S/C17H28N2O/c1-12-6-13(2)10-19(9-12)11-17-7-15(14(3)20-17)8-18-16-4-5-16/h7,12-13,16,18H,4-6,8-11H2,1-3H3. The Morgan fingerprint density at radius 1 is 1.25 bits per heavy atom. The lowest BCUT2D eigenvalue weighted by atomic mass is 9.92. The van der Waals surface area contributed by atoms with Crippen LogP contribution in [0.1, 0.15) is 50.2 Å². The molecule has 1 aromatic rings. The number of furan rings is 1. The van der Waals surface area contributed by atoms with Crippen LogP contribution in [0.25, 0.3) is 0 Å². The molecule has 2 fully saturated rings. The molecule has 1 aromatic heterocycles. The van der Waals surface area contributed by atoms with Gasteiger partial charge in [-0.3, -0.25) is 4.90 Å².